The van der Waals surface area contributed by atoms with Gasteiger partial charge >= 0.3 is 0 Å². The minimum atomic E-state index is 0.598. The van der Waals surface area contributed by atoms with Crippen molar-refractivity contribution in [1.82, 2.24) is 0 Å². The second-order valence-corrected chi connectivity index (χ2v) is 2.83. The molecule has 14 heavy (non-hydrogen) atoms. The minimum absolute atomic E-state index is 0.598. The molecule has 0 fully saturated rings. The first kappa shape index (κ1) is 10.4. The van der Waals surface area contributed by atoms with Crippen molar-refractivity contribution in [3.8, 4) is 17.6 Å². The van der Waals surface area contributed by atoms with Crippen LogP contribution in [-0.4, -0.2) is 14.2 Å². The summed E-state index contributed by atoms with van der Waals surface area (Å²) in [5.74, 6) is 1.27. The highest BCUT2D eigenvalue weighted by molar-refractivity contribution is 5.51. The Balaban J connectivity index is 3.30. The number of methoxy groups -OCH3 is 2. The number of aryl methyl sites for hydroxylation is 1. The third-order valence-electron chi connectivity index (χ3n) is 2.11. The predicted octanol–water partition coefficient (Wildman–Crippen LogP) is 2.14. The van der Waals surface area contributed by atoms with Crippen LogP contribution in [-0.2, 0) is 6.42 Å². The van der Waals surface area contributed by atoms with Crippen molar-refractivity contribution in [2.75, 3.05) is 14.2 Å². The van der Waals surface area contributed by atoms with Crippen molar-refractivity contribution in [3.63, 3.8) is 0 Å². The quantitative estimate of drug-likeness (QED) is 0.735. The lowest BCUT2D eigenvalue weighted by molar-refractivity contribution is 0.354. The highest BCUT2D eigenvalue weighted by atomic mass is 16.5. The number of nitriles is 1. The van der Waals surface area contributed by atoms with Crippen LogP contribution in [0.25, 0.3) is 0 Å². The minimum Gasteiger partial charge on any atom is -0.493 e. The molecule has 0 atom stereocenters. The summed E-state index contributed by atoms with van der Waals surface area (Å²) in [5.41, 5.74) is 1.62. The Hall–Kier alpha value is -1.69. The molecular weight excluding hydrogens is 178 g/mol. The van der Waals surface area contributed by atoms with Gasteiger partial charge in [-0.25, -0.2) is 0 Å². The Morgan fingerprint density at radius 1 is 1.21 bits per heavy atom. The lowest BCUT2D eigenvalue weighted by Gasteiger charge is -2.10. The van der Waals surface area contributed by atoms with Gasteiger partial charge in [0.1, 0.15) is 0 Å². The van der Waals surface area contributed by atoms with Crippen LogP contribution in [0.3, 0.4) is 0 Å². The lowest BCUT2D eigenvalue weighted by atomic mass is 10.1. The molecule has 0 saturated heterocycles. The first-order chi connectivity index (χ1) is 6.76. The third kappa shape index (κ3) is 1.80. The van der Waals surface area contributed by atoms with Gasteiger partial charge in [0.2, 0.25) is 0 Å². The predicted molar refractivity (Wildman–Crippen MR) is 53.6 cm³/mol. The van der Waals surface area contributed by atoms with E-state index >= 15 is 0 Å². The van der Waals surface area contributed by atoms with Crippen LogP contribution in [0.5, 0.6) is 11.5 Å². The molecule has 0 aromatic heterocycles. The van der Waals surface area contributed by atoms with Gasteiger partial charge in [-0.3, -0.25) is 0 Å². The number of hydrogen-bond donors (Lipinski definition) is 0. The highest BCUT2D eigenvalue weighted by Gasteiger charge is 2.09. The van der Waals surface area contributed by atoms with Crippen LogP contribution >= 0.6 is 0 Å². The van der Waals surface area contributed by atoms with Crippen LogP contribution in [0.2, 0.25) is 0 Å². The molecule has 0 radical (unpaired) electrons. The van der Waals surface area contributed by atoms with Crippen LogP contribution in [0.15, 0.2) is 12.1 Å². The zero-order valence-corrected chi connectivity index (χ0v) is 8.63. The van der Waals surface area contributed by atoms with E-state index in [-0.39, 0.29) is 0 Å². The molecule has 0 amide bonds. The number of benzene rings is 1. The summed E-state index contributed by atoms with van der Waals surface area (Å²) in [6.45, 7) is 2.00. The summed E-state index contributed by atoms with van der Waals surface area (Å²) >= 11 is 0. The molecule has 0 aliphatic rings. The van der Waals surface area contributed by atoms with Gasteiger partial charge in [0.05, 0.1) is 25.9 Å². The van der Waals surface area contributed by atoms with Crippen LogP contribution in [0, 0.1) is 11.3 Å². The topological polar surface area (TPSA) is 42.2 Å². The van der Waals surface area contributed by atoms with E-state index in [9.17, 15) is 0 Å². The molecule has 0 unspecified atom stereocenters. The normalized spacial score (nSPS) is 9.29. The Morgan fingerprint density at radius 2 is 1.79 bits per heavy atom. The van der Waals surface area contributed by atoms with Crippen molar-refractivity contribution < 1.29 is 9.47 Å². The van der Waals surface area contributed by atoms with E-state index in [0.29, 0.717) is 17.1 Å². The number of rotatable bonds is 3. The molecule has 0 spiro atoms. The molecule has 1 aromatic carbocycles. The second-order valence-electron chi connectivity index (χ2n) is 2.83. The molecule has 3 heteroatoms. The van der Waals surface area contributed by atoms with Gasteiger partial charge in [-0.1, -0.05) is 6.92 Å². The maximum Gasteiger partial charge on any atom is 0.162 e. The monoisotopic (exact) mass is 191 g/mol. The Morgan fingerprint density at radius 3 is 2.21 bits per heavy atom. The molecule has 0 N–H and O–H groups in total. The van der Waals surface area contributed by atoms with Gasteiger partial charge in [-0.2, -0.15) is 5.26 Å². The van der Waals surface area contributed by atoms with Gasteiger partial charge in [0, 0.05) is 6.07 Å². The second kappa shape index (κ2) is 4.52. The standard InChI is InChI=1S/C11H13NO2/c1-4-8-5-10(13-2)11(14-3)6-9(8)7-12/h5-6H,4H2,1-3H3. The molecule has 3 nitrogen and oxygen atoms in total. The largest absolute Gasteiger partial charge is 0.493 e. The van der Waals surface area contributed by atoms with Crippen LogP contribution in [0.1, 0.15) is 18.1 Å². The van der Waals surface area contributed by atoms with Gasteiger partial charge in [0.15, 0.2) is 11.5 Å². The van der Waals surface area contributed by atoms with Crippen molar-refractivity contribution in [1.29, 1.82) is 5.26 Å². The third-order valence-corrected chi connectivity index (χ3v) is 2.11. The number of ether oxygens (including phenoxy) is 2. The maximum atomic E-state index is 8.89. The fourth-order valence-corrected chi connectivity index (χ4v) is 1.32. The van der Waals surface area contributed by atoms with E-state index in [1.165, 1.54) is 0 Å². The fourth-order valence-electron chi connectivity index (χ4n) is 1.32. The van der Waals surface area contributed by atoms with E-state index < -0.39 is 0 Å². The zero-order valence-electron chi connectivity index (χ0n) is 8.63. The molecule has 0 aliphatic carbocycles. The van der Waals surface area contributed by atoms with E-state index in [1.807, 2.05) is 13.0 Å². The summed E-state index contributed by atoms with van der Waals surface area (Å²) in [5, 5.41) is 8.89. The van der Waals surface area contributed by atoms with E-state index in [1.54, 1.807) is 20.3 Å². The van der Waals surface area contributed by atoms with Crippen LogP contribution < -0.4 is 9.47 Å². The maximum absolute atomic E-state index is 8.89. The fraction of sp³-hybridized carbons (Fsp3) is 0.364. The Kier molecular flexibility index (Phi) is 3.35. The average Bonchev–Trinajstić information content (AvgIpc) is 2.26. The first-order valence-corrected chi connectivity index (χ1v) is 4.41. The Bertz CT molecular complexity index is 366. The SMILES string of the molecule is CCc1cc(OC)c(OC)cc1C#N. The van der Waals surface area contributed by atoms with Crippen molar-refractivity contribution in [3.05, 3.63) is 23.3 Å². The van der Waals surface area contributed by atoms with Crippen molar-refractivity contribution in [2.24, 2.45) is 0 Å². The van der Waals surface area contributed by atoms with E-state index in [0.717, 1.165) is 12.0 Å². The van der Waals surface area contributed by atoms with Gasteiger partial charge in [-0.05, 0) is 18.1 Å². The van der Waals surface area contributed by atoms with Crippen molar-refractivity contribution >= 4 is 0 Å². The average molecular weight is 191 g/mol. The first-order valence-electron chi connectivity index (χ1n) is 4.41. The summed E-state index contributed by atoms with van der Waals surface area (Å²) in [4.78, 5) is 0. The molecular formula is C11H13NO2. The number of hydrogen-bond acceptors (Lipinski definition) is 3. The highest BCUT2D eigenvalue weighted by Crippen LogP contribution is 2.30. The van der Waals surface area contributed by atoms with Gasteiger partial charge in [0.25, 0.3) is 0 Å². The van der Waals surface area contributed by atoms with Crippen LogP contribution in [0.4, 0.5) is 0 Å². The lowest BCUT2D eigenvalue weighted by Crippen LogP contribution is -1.95. The smallest absolute Gasteiger partial charge is 0.162 e. The molecule has 1 rings (SSSR count). The van der Waals surface area contributed by atoms with Crippen molar-refractivity contribution in [2.45, 2.75) is 13.3 Å². The molecule has 74 valence electrons. The molecule has 0 aliphatic heterocycles. The molecule has 0 bridgehead atoms. The molecule has 0 saturated carbocycles. The number of nitrogens with zero attached hydrogens (tertiary/aromatic N) is 1. The summed E-state index contributed by atoms with van der Waals surface area (Å²) in [7, 11) is 3.15. The van der Waals surface area contributed by atoms with E-state index in [4.69, 9.17) is 14.7 Å². The summed E-state index contributed by atoms with van der Waals surface area (Å²) in [6, 6.07) is 5.69. The summed E-state index contributed by atoms with van der Waals surface area (Å²) in [6.07, 6.45) is 0.809. The molecule has 0 heterocycles. The van der Waals surface area contributed by atoms with E-state index in [2.05, 4.69) is 6.07 Å². The summed E-state index contributed by atoms with van der Waals surface area (Å²) < 4.78 is 10.2. The van der Waals surface area contributed by atoms with Gasteiger partial charge < -0.3 is 9.47 Å². The van der Waals surface area contributed by atoms with Gasteiger partial charge in [-0.15, -0.1) is 0 Å². The Labute approximate surface area is 83.9 Å². The molecule has 1 aromatic rings. The zero-order chi connectivity index (χ0) is 10.6.